The number of carbonyl (C=O) groups excluding carboxylic acids is 2. The number of amides is 4. The van der Waals surface area contributed by atoms with Crippen LogP contribution in [0.2, 0.25) is 0 Å². The molecule has 1 saturated heterocycles. The van der Waals surface area contributed by atoms with Crippen molar-refractivity contribution in [3.63, 3.8) is 0 Å². The van der Waals surface area contributed by atoms with Crippen LogP contribution in [0.3, 0.4) is 0 Å². The second-order valence-corrected chi connectivity index (χ2v) is 2.20. The Bertz CT molecular complexity index is 163. The summed E-state index contributed by atoms with van der Waals surface area (Å²) >= 11 is 0. The smallest absolute Gasteiger partial charge is 0.317 e. The molecule has 1 fully saturated rings. The molecule has 0 aliphatic carbocycles. The lowest BCUT2D eigenvalue weighted by Crippen LogP contribution is -2.57. The van der Waals surface area contributed by atoms with Crippen molar-refractivity contribution < 1.29 is 9.59 Å². The topological polar surface area (TPSA) is 82.3 Å². The van der Waals surface area contributed by atoms with E-state index in [2.05, 4.69) is 21.3 Å². The normalized spacial score (nSPS) is 20.1. The van der Waals surface area contributed by atoms with Crippen LogP contribution in [0, 0.1) is 0 Å². The summed E-state index contributed by atoms with van der Waals surface area (Å²) in [6.45, 7) is 1.81. The Morgan fingerprint density at radius 3 is 2.09 bits per heavy atom. The number of hydrogen-bond acceptors (Lipinski definition) is 2. The van der Waals surface area contributed by atoms with Gasteiger partial charge in [-0.3, -0.25) is 0 Å². The predicted octanol–water partition coefficient (Wildman–Crippen LogP) is -1.10. The predicted molar refractivity (Wildman–Crippen MR) is 37.7 cm³/mol. The molecule has 1 rings (SSSR count). The highest BCUT2D eigenvalue weighted by Crippen LogP contribution is 1.78. The Morgan fingerprint density at radius 1 is 1.18 bits per heavy atom. The highest BCUT2D eigenvalue weighted by Gasteiger charge is 2.12. The molecule has 1 aliphatic rings. The summed E-state index contributed by atoms with van der Waals surface area (Å²) in [7, 11) is 0. The van der Waals surface area contributed by atoms with Gasteiger partial charge in [0.15, 0.2) is 0 Å². The first-order valence-corrected chi connectivity index (χ1v) is 3.27. The minimum absolute atomic E-state index is 0.143. The second-order valence-electron chi connectivity index (χ2n) is 2.20. The van der Waals surface area contributed by atoms with Gasteiger partial charge in [-0.2, -0.15) is 0 Å². The van der Waals surface area contributed by atoms with Crippen molar-refractivity contribution in [3.05, 3.63) is 0 Å². The maximum atomic E-state index is 10.7. The number of urea groups is 2. The van der Waals surface area contributed by atoms with Gasteiger partial charge < -0.3 is 21.3 Å². The van der Waals surface area contributed by atoms with Crippen LogP contribution in [0.25, 0.3) is 0 Å². The molecule has 0 saturated carbocycles. The quantitative estimate of drug-likeness (QED) is 0.361. The van der Waals surface area contributed by atoms with E-state index in [1.165, 1.54) is 0 Å². The molecule has 4 amide bonds. The first-order valence-electron chi connectivity index (χ1n) is 3.27. The average molecular weight is 158 g/mol. The van der Waals surface area contributed by atoms with Crippen LogP contribution in [0.15, 0.2) is 0 Å². The van der Waals surface area contributed by atoms with Crippen LogP contribution in [0.5, 0.6) is 0 Å². The number of hydrogen-bond donors (Lipinski definition) is 4. The first-order chi connectivity index (χ1) is 5.18. The molecule has 0 aromatic heterocycles. The Morgan fingerprint density at radius 2 is 1.64 bits per heavy atom. The highest BCUT2D eigenvalue weighted by molar-refractivity contribution is 5.79. The monoisotopic (exact) mass is 158 g/mol. The molecule has 0 radical (unpaired) electrons. The van der Waals surface area contributed by atoms with E-state index in [1.54, 1.807) is 6.92 Å². The lowest BCUT2D eigenvalue weighted by atomic mass is 10.5. The van der Waals surface area contributed by atoms with Gasteiger partial charge in [0.1, 0.15) is 6.17 Å². The van der Waals surface area contributed by atoms with Gasteiger partial charge in [0.05, 0.1) is 6.67 Å². The van der Waals surface area contributed by atoms with E-state index in [0.29, 0.717) is 0 Å². The third-order valence-corrected chi connectivity index (χ3v) is 1.19. The van der Waals surface area contributed by atoms with Crippen LogP contribution in [0.1, 0.15) is 6.92 Å². The van der Waals surface area contributed by atoms with Crippen LogP contribution in [-0.4, -0.2) is 24.9 Å². The van der Waals surface area contributed by atoms with Crippen LogP contribution in [0.4, 0.5) is 9.59 Å². The van der Waals surface area contributed by atoms with Gasteiger partial charge in [-0.25, -0.2) is 9.59 Å². The molecule has 0 aromatic carbocycles. The fourth-order valence-corrected chi connectivity index (χ4v) is 0.736. The molecule has 62 valence electrons. The molecule has 0 atom stereocenters. The summed E-state index contributed by atoms with van der Waals surface area (Å²) in [5.41, 5.74) is 0. The lowest BCUT2D eigenvalue weighted by Gasteiger charge is -2.20. The summed E-state index contributed by atoms with van der Waals surface area (Å²) < 4.78 is 0. The zero-order valence-electron chi connectivity index (χ0n) is 6.10. The third kappa shape index (κ3) is 2.32. The Hall–Kier alpha value is -1.46. The zero-order valence-corrected chi connectivity index (χ0v) is 6.10. The van der Waals surface area contributed by atoms with Crippen LogP contribution in [-0.2, 0) is 0 Å². The molecule has 1 aliphatic heterocycles. The van der Waals surface area contributed by atoms with Crippen molar-refractivity contribution in [1.82, 2.24) is 21.3 Å². The van der Waals surface area contributed by atoms with Crippen molar-refractivity contribution in [2.45, 2.75) is 13.1 Å². The van der Waals surface area contributed by atoms with E-state index in [1.807, 2.05) is 0 Å². The number of rotatable bonds is 0. The van der Waals surface area contributed by atoms with E-state index in [0.717, 1.165) is 0 Å². The molecule has 1 heterocycles. The molecule has 11 heavy (non-hydrogen) atoms. The SMILES string of the molecule is CC1NC(=O)NCNC(=O)N1. The molecule has 0 aromatic rings. The van der Waals surface area contributed by atoms with Gasteiger partial charge in [-0.05, 0) is 6.92 Å². The van der Waals surface area contributed by atoms with E-state index >= 15 is 0 Å². The van der Waals surface area contributed by atoms with Gasteiger partial charge in [-0.15, -0.1) is 0 Å². The Labute approximate surface area is 63.7 Å². The van der Waals surface area contributed by atoms with Crippen LogP contribution < -0.4 is 21.3 Å². The summed E-state index contributed by atoms with van der Waals surface area (Å²) in [6.07, 6.45) is -0.352. The fraction of sp³-hybridized carbons (Fsp3) is 0.600. The van der Waals surface area contributed by atoms with Gasteiger partial charge >= 0.3 is 12.1 Å². The maximum absolute atomic E-state index is 10.7. The number of carbonyl (C=O) groups is 2. The standard InChI is InChI=1S/C5H10N4O2/c1-3-8-4(10)6-2-7-5(11)9-3/h3H,2H2,1H3,(H2,6,8,10)(H2,7,9,11). The summed E-state index contributed by atoms with van der Waals surface area (Å²) in [4.78, 5) is 21.5. The summed E-state index contributed by atoms with van der Waals surface area (Å²) in [5, 5.41) is 9.83. The van der Waals surface area contributed by atoms with Gasteiger partial charge in [0.25, 0.3) is 0 Å². The van der Waals surface area contributed by atoms with E-state index in [9.17, 15) is 9.59 Å². The van der Waals surface area contributed by atoms with Gasteiger partial charge in [0, 0.05) is 0 Å². The average Bonchev–Trinajstić information content (AvgIpc) is 1.83. The molecular formula is C5H10N4O2. The van der Waals surface area contributed by atoms with E-state index in [4.69, 9.17) is 0 Å². The second kappa shape index (κ2) is 3.09. The Balaban J connectivity index is 2.47. The molecule has 4 N–H and O–H groups in total. The van der Waals surface area contributed by atoms with Crippen molar-refractivity contribution >= 4 is 12.1 Å². The molecule has 0 bridgehead atoms. The molecule has 0 unspecified atom stereocenters. The minimum Gasteiger partial charge on any atom is -0.321 e. The third-order valence-electron chi connectivity index (χ3n) is 1.19. The molecular weight excluding hydrogens is 148 g/mol. The van der Waals surface area contributed by atoms with Gasteiger partial charge in [0.2, 0.25) is 0 Å². The summed E-state index contributed by atoms with van der Waals surface area (Å²) in [5.74, 6) is 0. The lowest BCUT2D eigenvalue weighted by molar-refractivity contribution is 0.220. The van der Waals surface area contributed by atoms with Crippen molar-refractivity contribution in [2.75, 3.05) is 6.67 Å². The van der Waals surface area contributed by atoms with E-state index < -0.39 is 0 Å². The van der Waals surface area contributed by atoms with Crippen molar-refractivity contribution in [2.24, 2.45) is 0 Å². The van der Waals surface area contributed by atoms with Crippen molar-refractivity contribution in [1.29, 1.82) is 0 Å². The minimum atomic E-state index is -0.352. The summed E-state index contributed by atoms with van der Waals surface area (Å²) in [6, 6.07) is -0.602. The van der Waals surface area contributed by atoms with E-state index in [-0.39, 0.29) is 24.9 Å². The van der Waals surface area contributed by atoms with Crippen LogP contribution >= 0.6 is 0 Å². The van der Waals surface area contributed by atoms with Gasteiger partial charge in [-0.1, -0.05) is 0 Å². The zero-order chi connectivity index (χ0) is 8.27. The van der Waals surface area contributed by atoms with Crippen molar-refractivity contribution in [3.8, 4) is 0 Å². The fourth-order valence-electron chi connectivity index (χ4n) is 0.736. The first kappa shape index (κ1) is 7.64. The molecule has 6 heteroatoms. The Kier molecular flexibility index (Phi) is 2.15. The number of nitrogens with one attached hydrogen (secondary N) is 4. The highest BCUT2D eigenvalue weighted by atomic mass is 16.2. The largest absolute Gasteiger partial charge is 0.321 e. The maximum Gasteiger partial charge on any atom is 0.317 e. The molecule has 6 nitrogen and oxygen atoms in total. The molecule has 0 spiro atoms.